The van der Waals surface area contributed by atoms with Crippen molar-refractivity contribution in [1.29, 1.82) is 0 Å². The van der Waals surface area contributed by atoms with Crippen LogP contribution in [0.2, 0.25) is 0 Å². The van der Waals surface area contributed by atoms with Gasteiger partial charge in [-0.1, -0.05) is 42.3 Å². The standard InChI is InChI=1S/C32H25F4N5O3/c1-3-17-37-29(43)26-25-24(19-13-15-22(33)16-14-19)27(38-28(42)20-9-8-10-21(18-20)32(34,35)36)31(44)40(4-2)30(25)41(39-26)23-11-6-5-7-12-23/h1,5-16,18,24,27H,4,17H2,2H3,(H,37,43)(H,38,42). The van der Waals surface area contributed by atoms with Crippen LogP contribution in [-0.4, -0.2) is 46.6 Å². The zero-order valence-electron chi connectivity index (χ0n) is 23.2. The molecule has 5 rings (SSSR count). The Labute approximate surface area is 249 Å². The van der Waals surface area contributed by atoms with E-state index in [2.05, 4.69) is 21.7 Å². The highest BCUT2D eigenvalue weighted by Crippen LogP contribution is 2.43. The maximum atomic E-state index is 14.2. The van der Waals surface area contributed by atoms with Crippen LogP contribution in [0.4, 0.5) is 23.4 Å². The third-order valence-electron chi connectivity index (χ3n) is 7.18. The Morgan fingerprint density at radius 1 is 1.00 bits per heavy atom. The number of para-hydroxylation sites is 1. The molecule has 0 bridgehead atoms. The second-order valence-electron chi connectivity index (χ2n) is 9.86. The number of carbonyl (C=O) groups excluding carboxylic acids is 3. The monoisotopic (exact) mass is 603 g/mol. The number of amides is 3. The number of hydrogen-bond donors (Lipinski definition) is 2. The van der Waals surface area contributed by atoms with Crippen LogP contribution in [0.15, 0.2) is 78.9 Å². The van der Waals surface area contributed by atoms with E-state index in [1.165, 1.54) is 27.8 Å². The van der Waals surface area contributed by atoms with E-state index in [0.717, 1.165) is 24.3 Å². The molecule has 2 atom stereocenters. The number of halogens is 4. The molecule has 3 amide bonds. The number of terminal acetylenes is 1. The Balaban J connectivity index is 1.72. The smallest absolute Gasteiger partial charge is 0.340 e. The van der Waals surface area contributed by atoms with Crippen LogP contribution in [0.1, 0.15) is 50.4 Å². The first kappa shape index (κ1) is 30.0. The number of benzene rings is 3. The molecule has 0 radical (unpaired) electrons. The summed E-state index contributed by atoms with van der Waals surface area (Å²) in [7, 11) is 0. The predicted molar refractivity (Wildman–Crippen MR) is 154 cm³/mol. The molecule has 44 heavy (non-hydrogen) atoms. The summed E-state index contributed by atoms with van der Waals surface area (Å²) in [6, 6.07) is 16.3. The molecule has 1 aliphatic rings. The predicted octanol–water partition coefficient (Wildman–Crippen LogP) is 4.69. The van der Waals surface area contributed by atoms with Crippen LogP contribution < -0.4 is 15.5 Å². The zero-order chi connectivity index (χ0) is 31.6. The zero-order valence-corrected chi connectivity index (χ0v) is 23.2. The average Bonchev–Trinajstić information content (AvgIpc) is 3.41. The second kappa shape index (κ2) is 12.0. The molecule has 0 fully saturated rings. The van der Waals surface area contributed by atoms with Gasteiger partial charge >= 0.3 is 6.18 Å². The Bertz CT molecular complexity index is 1760. The molecule has 12 heteroatoms. The number of likely N-dealkylation sites (N-methyl/N-ethyl adjacent to an activating group) is 1. The van der Waals surface area contributed by atoms with E-state index >= 15 is 0 Å². The van der Waals surface area contributed by atoms with Crippen molar-refractivity contribution in [2.45, 2.75) is 25.1 Å². The number of anilines is 1. The van der Waals surface area contributed by atoms with Gasteiger partial charge in [0.05, 0.1) is 17.8 Å². The summed E-state index contributed by atoms with van der Waals surface area (Å²) in [6.07, 6.45) is 0.656. The first-order chi connectivity index (χ1) is 21.0. The van der Waals surface area contributed by atoms with Gasteiger partial charge in [0.25, 0.3) is 17.7 Å². The fourth-order valence-electron chi connectivity index (χ4n) is 5.22. The van der Waals surface area contributed by atoms with Gasteiger partial charge in [0.1, 0.15) is 17.7 Å². The Hall–Kier alpha value is -5.44. The maximum absolute atomic E-state index is 14.2. The molecule has 0 saturated heterocycles. The lowest BCUT2D eigenvalue weighted by atomic mass is 9.80. The van der Waals surface area contributed by atoms with E-state index in [9.17, 15) is 31.9 Å². The van der Waals surface area contributed by atoms with Crippen molar-refractivity contribution in [3.05, 3.63) is 113 Å². The molecule has 3 aromatic carbocycles. The Morgan fingerprint density at radius 3 is 2.34 bits per heavy atom. The third-order valence-corrected chi connectivity index (χ3v) is 7.18. The van der Waals surface area contributed by atoms with Crippen molar-refractivity contribution in [2.24, 2.45) is 0 Å². The van der Waals surface area contributed by atoms with Crippen molar-refractivity contribution in [1.82, 2.24) is 20.4 Å². The van der Waals surface area contributed by atoms with E-state index < -0.39 is 47.2 Å². The number of hydrogen-bond acceptors (Lipinski definition) is 4. The van der Waals surface area contributed by atoms with Crippen LogP contribution >= 0.6 is 0 Å². The largest absolute Gasteiger partial charge is 0.416 e. The van der Waals surface area contributed by atoms with Crippen molar-refractivity contribution >= 4 is 23.5 Å². The minimum Gasteiger partial charge on any atom is -0.340 e. The van der Waals surface area contributed by atoms with Gasteiger partial charge in [0.2, 0.25) is 0 Å². The molecule has 0 spiro atoms. The average molecular weight is 604 g/mol. The topological polar surface area (TPSA) is 96.3 Å². The summed E-state index contributed by atoms with van der Waals surface area (Å²) < 4.78 is 55.7. The molecule has 1 aromatic heterocycles. The number of alkyl halides is 3. The van der Waals surface area contributed by atoms with Crippen molar-refractivity contribution in [2.75, 3.05) is 18.0 Å². The minimum atomic E-state index is -4.70. The van der Waals surface area contributed by atoms with Crippen LogP contribution in [0.3, 0.4) is 0 Å². The third kappa shape index (κ3) is 5.64. The number of rotatable bonds is 7. The lowest BCUT2D eigenvalue weighted by Crippen LogP contribution is -2.55. The van der Waals surface area contributed by atoms with Crippen LogP contribution in [-0.2, 0) is 11.0 Å². The SMILES string of the molecule is C#CCNC(=O)c1nn(-c2ccccc2)c2c1C(c1ccc(F)cc1)C(NC(=O)c1cccc(C(F)(F)F)c1)C(=O)N2CC. The maximum Gasteiger partial charge on any atom is 0.416 e. The van der Waals surface area contributed by atoms with E-state index in [0.29, 0.717) is 17.3 Å². The van der Waals surface area contributed by atoms with Crippen molar-refractivity contribution in [3.63, 3.8) is 0 Å². The number of nitrogens with one attached hydrogen (secondary N) is 2. The van der Waals surface area contributed by atoms with E-state index in [-0.39, 0.29) is 35.7 Å². The van der Waals surface area contributed by atoms with Crippen molar-refractivity contribution < 1.29 is 31.9 Å². The highest BCUT2D eigenvalue weighted by Gasteiger charge is 2.47. The molecule has 0 saturated carbocycles. The quantitative estimate of drug-likeness (QED) is 0.237. The summed E-state index contributed by atoms with van der Waals surface area (Å²) in [5.41, 5.74) is -0.348. The van der Waals surface area contributed by atoms with E-state index in [4.69, 9.17) is 6.42 Å². The molecule has 2 N–H and O–H groups in total. The van der Waals surface area contributed by atoms with Crippen LogP contribution in [0.25, 0.3) is 5.69 Å². The molecule has 0 aliphatic carbocycles. The first-order valence-corrected chi connectivity index (χ1v) is 13.5. The summed E-state index contributed by atoms with van der Waals surface area (Å²) in [5, 5.41) is 9.76. The van der Waals surface area contributed by atoms with Gasteiger partial charge < -0.3 is 10.6 Å². The van der Waals surface area contributed by atoms with E-state index in [1.807, 2.05) is 0 Å². The fourth-order valence-corrected chi connectivity index (χ4v) is 5.22. The molecule has 8 nitrogen and oxygen atoms in total. The first-order valence-electron chi connectivity index (χ1n) is 13.5. The summed E-state index contributed by atoms with van der Waals surface area (Å²) >= 11 is 0. The minimum absolute atomic E-state index is 0.0852. The lowest BCUT2D eigenvalue weighted by molar-refractivity contribution is -0.137. The van der Waals surface area contributed by atoms with Crippen LogP contribution in [0, 0.1) is 18.2 Å². The van der Waals surface area contributed by atoms with Gasteiger partial charge in [-0.3, -0.25) is 19.3 Å². The van der Waals surface area contributed by atoms with Gasteiger partial charge in [-0.15, -0.1) is 6.42 Å². The Kier molecular flexibility index (Phi) is 8.22. The normalized spacial score (nSPS) is 16.2. The van der Waals surface area contributed by atoms with Gasteiger partial charge in [-0.25, -0.2) is 9.07 Å². The highest BCUT2D eigenvalue weighted by atomic mass is 19.4. The molecular weight excluding hydrogens is 578 g/mol. The number of aromatic nitrogens is 2. The highest BCUT2D eigenvalue weighted by molar-refractivity contribution is 6.07. The molecule has 1 aliphatic heterocycles. The number of nitrogens with zero attached hydrogens (tertiary/aromatic N) is 3. The fraction of sp³-hybridized carbons (Fsp3) is 0.188. The van der Waals surface area contributed by atoms with Gasteiger partial charge in [-0.2, -0.15) is 18.3 Å². The van der Waals surface area contributed by atoms with Gasteiger partial charge in [0.15, 0.2) is 5.69 Å². The lowest BCUT2D eigenvalue weighted by Gasteiger charge is -2.38. The van der Waals surface area contributed by atoms with Gasteiger partial charge in [0, 0.05) is 23.6 Å². The van der Waals surface area contributed by atoms with E-state index in [1.54, 1.807) is 37.3 Å². The number of fused-ring (bicyclic) bond motifs is 1. The van der Waals surface area contributed by atoms with Gasteiger partial charge in [-0.05, 0) is 55.0 Å². The Morgan fingerprint density at radius 2 is 1.70 bits per heavy atom. The second-order valence-corrected chi connectivity index (χ2v) is 9.86. The number of carbonyl (C=O) groups is 3. The van der Waals surface area contributed by atoms with Crippen LogP contribution in [0.5, 0.6) is 0 Å². The molecule has 224 valence electrons. The molecule has 2 heterocycles. The molecule has 4 aromatic rings. The molecule has 2 unspecified atom stereocenters. The summed E-state index contributed by atoms with van der Waals surface area (Å²) in [6.45, 7) is 1.65. The molecular formula is C32H25F4N5O3. The summed E-state index contributed by atoms with van der Waals surface area (Å²) in [5.74, 6) is -1.32. The summed E-state index contributed by atoms with van der Waals surface area (Å²) in [4.78, 5) is 42.4. The van der Waals surface area contributed by atoms with Crippen molar-refractivity contribution in [3.8, 4) is 18.0 Å².